The maximum Gasteiger partial charge on any atom is 0.333 e. The van der Waals surface area contributed by atoms with E-state index in [1.807, 2.05) is 0 Å². The van der Waals surface area contributed by atoms with Crippen LogP contribution in [-0.2, 0) is 9.09 Å². The van der Waals surface area contributed by atoms with Crippen LogP contribution in [0.4, 0.5) is 0 Å². The van der Waals surface area contributed by atoms with Crippen LogP contribution < -0.4 is 5.32 Å². The third-order valence-corrected chi connectivity index (χ3v) is 4.97. The van der Waals surface area contributed by atoms with Crippen molar-refractivity contribution in [3.05, 3.63) is 0 Å². The van der Waals surface area contributed by atoms with E-state index in [1.165, 1.54) is 0 Å². The highest BCUT2D eigenvalue weighted by molar-refractivity contribution is 7.54. The second-order valence-corrected chi connectivity index (χ2v) is 8.69. The third-order valence-electron chi connectivity index (χ3n) is 2.74. The van der Waals surface area contributed by atoms with Gasteiger partial charge in [0.2, 0.25) is 0 Å². The first kappa shape index (κ1) is 18.1. The number of rotatable bonds is 9. The van der Waals surface area contributed by atoms with Crippen molar-refractivity contribution in [1.29, 1.82) is 0 Å². The van der Waals surface area contributed by atoms with Crippen molar-refractivity contribution >= 4 is 7.60 Å². The Kier molecular flexibility index (Phi) is 8.37. The van der Waals surface area contributed by atoms with Gasteiger partial charge in [0.05, 0.1) is 11.8 Å². The number of nitrogens with one attached hydrogen (secondary N) is 1. The second kappa shape index (κ2) is 8.31. The summed E-state index contributed by atoms with van der Waals surface area (Å²) in [5, 5.41) is 2.68. The van der Waals surface area contributed by atoms with Gasteiger partial charge in [-0.05, 0) is 40.2 Å². The van der Waals surface area contributed by atoms with Gasteiger partial charge < -0.3 is 14.7 Å². The Hall–Kier alpha value is 0.110. The number of hydrogen-bond acceptors (Lipinski definition) is 3. The van der Waals surface area contributed by atoms with Crippen LogP contribution >= 0.6 is 7.60 Å². The van der Waals surface area contributed by atoms with E-state index in [2.05, 4.69) is 19.2 Å². The highest BCUT2D eigenvalue weighted by Gasteiger charge is 2.35. The molecule has 5 heteroatoms. The van der Waals surface area contributed by atoms with Gasteiger partial charge in [-0.15, -0.1) is 0 Å². The normalized spacial score (nSPS) is 15.9. The van der Waals surface area contributed by atoms with Crippen LogP contribution in [0.25, 0.3) is 0 Å². The molecule has 0 saturated heterocycles. The summed E-state index contributed by atoms with van der Waals surface area (Å²) in [5.74, 6) is 0. The molecule has 0 spiro atoms. The first-order chi connectivity index (χ1) is 8.17. The molecule has 18 heavy (non-hydrogen) atoms. The summed E-state index contributed by atoms with van der Waals surface area (Å²) < 4.78 is 16.9. The molecule has 0 radical (unpaired) electrons. The van der Waals surface area contributed by atoms with Crippen LogP contribution in [0, 0.1) is 0 Å². The zero-order valence-corrected chi connectivity index (χ0v) is 13.4. The molecule has 0 aliphatic carbocycles. The molecule has 0 rings (SSSR count). The van der Waals surface area contributed by atoms with E-state index in [9.17, 15) is 9.46 Å². The number of hydrogen-bond donors (Lipinski definition) is 2. The minimum absolute atomic E-state index is 0.378. The van der Waals surface area contributed by atoms with Gasteiger partial charge in [-0.3, -0.25) is 4.57 Å². The van der Waals surface area contributed by atoms with Crippen molar-refractivity contribution in [1.82, 2.24) is 5.32 Å². The standard InChI is InChI=1S/C13H30NO3P/c1-12(2)14-10-8-6-7-9-11-17-18(15,16)13(3,4)5/h12,14H,6-11H2,1-5H3,(H,15,16). The Morgan fingerprint density at radius 2 is 1.72 bits per heavy atom. The van der Waals surface area contributed by atoms with Gasteiger partial charge in [0, 0.05) is 6.04 Å². The Morgan fingerprint density at radius 1 is 1.17 bits per heavy atom. The fraction of sp³-hybridized carbons (Fsp3) is 1.00. The SMILES string of the molecule is CC(C)NCCCCCCOP(=O)(O)C(C)(C)C. The molecule has 0 saturated carbocycles. The van der Waals surface area contributed by atoms with Gasteiger partial charge >= 0.3 is 7.60 Å². The smallest absolute Gasteiger partial charge is 0.324 e. The van der Waals surface area contributed by atoms with Crippen molar-refractivity contribution in [3.63, 3.8) is 0 Å². The van der Waals surface area contributed by atoms with Gasteiger partial charge in [0.1, 0.15) is 0 Å². The van der Waals surface area contributed by atoms with Crippen molar-refractivity contribution in [3.8, 4) is 0 Å². The molecule has 0 aliphatic heterocycles. The predicted octanol–water partition coefficient (Wildman–Crippen LogP) is 3.55. The summed E-state index contributed by atoms with van der Waals surface area (Å²) in [4.78, 5) is 9.68. The quantitative estimate of drug-likeness (QED) is 0.500. The highest BCUT2D eigenvalue weighted by atomic mass is 31.2. The minimum Gasteiger partial charge on any atom is -0.324 e. The molecule has 0 heterocycles. The summed E-state index contributed by atoms with van der Waals surface area (Å²) >= 11 is 0. The lowest BCUT2D eigenvalue weighted by molar-refractivity contribution is 0.236. The third kappa shape index (κ3) is 8.25. The van der Waals surface area contributed by atoms with Gasteiger partial charge in [-0.2, -0.15) is 0 Å². The summed E-state index contributed by atoms with van der Waals surface area (Å²) in [6.45, 7) is 10.9. The van der Waals surface area contributed by atoms with E-state index < -0.39 is 12.8 Å². The molecule has 0 aliphatic rings. The molecule has 0 bridgehead atoms. The largest absolute Gasteiger partial charge is 0.333 e. The molecule has 110 valence electrons. The van der Waals surface area contributed by atoms with Crippen LogP contribution in [0.1, 0.15) is 60.3 Å². The summed E-state index contributed by atoms with van der Waals surface area (Å²) in [7, 11) is -3.46. The van der Waals surface area contributed by atoms with Gasteiger partial charge in [-0.1, -0.05) is 26.7 Å². The topological polar surface area (TPSA) is 58.6 Å². The molecule has 0 aromatic rings. The molecule has 0 amide bonds. The Balaban J connectivity index is 3.49. The molecular formula is C13H30NO3P. The molecule has 0 aromatic heterocycles. The zero-order valence-electron chi connectivity index (χ0n) is 12.5. The molecule has 0 aromatic carbocycles. The van der Waals surface area contributed by atoms with E-state index in [1.54, 1.807) is 20.8 Å². The number of unbranched alkanes of at least 4 members (excludes halogenated alkanes) is 3. The Bertz CT molecular complexity index is 261. The Morgan fingerprint density at radius 3 is 2.22 bits per heavy atom. The van der Waals surface area contributed by atoms with Gasteiger partial charge in [0.15, 0.2) is 0 Å². The minimum atomic E-state index is -3.46. The van der Waals surface area contributed by atoms with E-state index in [4.69, 9.17) is 4.52 Å². The van der Waals surface area contributed by atoms with Crippen LogP contribution in [0.3, 0.4) is 0 Å². The lowest BCUT2D eigenvalue weighted by atomic mass is 10.2. The van der Waals surface area contributed by atoms with Crippen LogP contribution in [-0.4, -0.2) is 29.2 Å². The molecule has 2 N–H and O–H groups in total. The van der Waals surface area contributed by atoms with E-state index in [0.717, 1.165) is 32.2 Å². The maximum atomic E-state index is 11.8. The average molecular weight is 279 g/mol. The second-order valence-electron chi connectivity index (χ2n) is 6.05. The first-order valence-electron chi connectivity index (χ1n) is 6.87. The van der Waals surface area contributed by atoms with E-state index >= 15 is 0 Å². The lowest BCUT2D eigenvalue weighted by Crippen LogP contribution is -2.23. The predicted molar refractivity (Wildman–Crippen MR) is 77.1 cm³/mol. The van der Waals surface area contributed by atoms with Gasteiger partial charge in [0.25, 0.3) is 0 Å². The van der Waals surface area contributed by atoms with Crippen LogP contribution in [0.2, 0.25) is 0 Å². The zero-order chi connectivity index (χ0) is 14.2. The average Bonchev–Trinajstić information content (AvgIpc) is 2.19. The monoisotopic (exact) mass is 279 g/mol. The van der Waals surface area contributed by atoms with Crippen molar-refractivity contribution in [2.75, 3.05) is 13.2 Å². The fourth-order valence-electron chi connectivity index (χ4n) is 1.35. The summed E-state index contributed by atoms with van der Waals surface area (Å²) in [6.07, 6.45) is 4.18. The molecular weight excluding hydrogens is 249 g/mol. The lowest BCUT2D eigenvalue weighted by Gasteiger charge is -2.24. The molecule has 1 atom stereocenters. The first-order valence-corrected chi connectivity index (χ1v) is 8.45. The molecule has 4 nitrogen and oxygen atoms in total. The fourth-order valence-corrected chi connectivity index (χ4v) is 2.12. The summed E-state index contributed by atoms with van der Waals surface area (Å²) in [6, 6.07) is 0.542. The van der Waals surface area contributed by atoms with Crippen LogP contribution in [0.5, 0.6) is 0 Å². The van der Waals surface area contributed by atoms with Crippen molar-refractivity contribution in [2.45, 2.75) is 71.5 Å². The highest BCUT2D eigenvalue weighted by Crippen LogP contribution is 2.54. The maximum absolute atomic E-state index is 11.8. The van der Waals surface area contributed by atoms with Crippen LogP contribution in [0.15, 0.2) is 0 Å². The van der Waals surface area contributed by atoms with E-state index in [0.29, 0.717) is 12.6 Å². The van der Waals surface area contributed by atoms with Gasteiger partial charge in [-0.25, -0.2) is 0 Å². The van der Waals surface area contributed by atoms with E-state index in [-0.39, 0.29) is 0 Å². The Labute approximate surface area is 112 Å². The van der Waals surface area contributed by atoms with Crippen molar-refractivity contribution < 1.29 is 14.0 Å². The molecule has 0 fully saturated rings. The summed E-state index contributed by atoms with van der Waals surface area (Å²) in [5.41, 5.74) is 0. The molecule has 1 unspecified atom stereocenters. The van der Waals surface area contributed by atoms with Crippen molar-refractivity contribution in [2.24, 2.45) is 0 Å².